The zero-order valence-electron chi connectivity index (χ0n) is 10.8. The van der Waals surface area contributed by atoms with Gasteiger partial charge in [0, 0.05) is 12.1 Å². The average Bonchev–Trinajstić information content (AvgIpc) is 2.72. The molecular weight excluding hydrogens is 240 g/mol. The topological polar surface area (TPSA) is 46.4 Å². The van der Waals surface area contributed by atoms with Crippen LogP contribution in [-0.2, 0) is 0 Å². The molecule has 0 saturated carbocycles. The van der Waals surface area contributed by atoms with Crippen molar-refractivity contribution < 1.29 is 4.92 Å². The quantitative estimate of drug-likeness (QED) is 0.610. The smallest absolute Gasteiger partial charge is 0.269 e. The summed E-state index contributed by atoms with van der Waals surface area (Å²) in [6, 6.07) is 13.4. The van der Waals surface area contributed by atoms with Gasteiger partial charge >= 0.3 is 0 Å². The Morgan fingerprint density at radius 2 is 1.74 bits per heavy atom. The van der Waals surface area contributed by atoms with Crippen LogP contribution in [0.15, 0.2) is 42.5 Å². The lowest BCUT2D eigenvalue weighted by Gasteiger charge is -2.21. The number of nitrogens with zero attached hydrogens (tertiary/aromatic N) is 2. The van der Waals surface area contributed by atoms with E-state index >= 15 is 0 Å². The molecule has 19 heavy (non-hydrogen) atoms. The van der Waals surface area contributed by atoms with E-state index in [-0.39, 0.29) is 16.7 Å². The van der Waals surface area contributed by atoms with Gasteiger partial charge in [0.2, 0.25) is 0 Å². The van der Waals surface area contributed by atoms with Crippen LogP contribution in [0, 0.1) is 10.1 Å². The third kappa shape index (κ3) is 1.72. The zero-order chi connectivity index (χ0) is 13.6. The van der Waals surface area contributed by atoms with Crippen molar-refractivity contribution in [3.63, 3.8) is 0 Å². The Kier molecular flexibility index (Phi) is 2.61. The summed E-state index contributed by atoms with van der Waals surface area (Å²) in [4.78, 5) is 12.7. The molecule has 4 nitrogen and oxygen atoms in total. The first-order valence-electron chi connectivity index (χ1n) is 6.13. The Morgan fingerprint density at radius 1 is 1.05 bits per heavy atom. The molecule has 0 radical (unpaired) electrons. The molecular formula is C15H14N2O2. The summed E-state index contributed by atoms with van der Waals surface area (Å²) in [5.41, 5.74) is 4.65. The van der Waals surface area contributed by atoms with Gasteiger partial charge in [0.1, 0.15) is 0 Å². The van der Waals surface area contributed by atoms with E-state index in [0.717, 1.165) is 11.1 Å². The number of fused-ring (bicyclic) bond motifs is 3. The van der Waals surface area contributed by atoms with Crippen LogP contribution < -0.4 is 0 Å². The van der Waals surface area contributed by atoms with Crippen molar-refractivity contribution in [2.45, 2.75) is 6.04 Å². The fraction of sp³-hybridized carbons (Fsp3) is 0.200. The molecule has 2 aromatic carbocycles. The molecule has 96 valence electrons. The summed E-state index contributed by atoms with van der Waals surface area (Å²) in [5.74, 6) is 0. The molecule has 0 saturated heterocycles. The molecule has 1 aliphatic carbocycles. The van der Waals surface area contributed by atoms with Gasteiger partial charge in [-0.2, -0.15) is 0 Å². The monoisotopic (exact) mass is 254 g/mol. The first-order chi connectivity index (χ1) is 9.09. The number of non-ortho nitro benzene ring substituents is 1. The van der Waals surface area contributed by atoms with Gasteiger partial charge in [0.25, 0.3) is 5.69 Å². The van der Waals surface area contributed by atoms with Crippen molar-refractivity contribution in [2.75, 3.05) is 14.1 Å². The van der Waals surface area contributed by atoms with Crippen molar-refractivity contribution in [2.24, 2.45) is 0 Å². The van der Waals surface area contributed by atoms with E-state index in [1.807, 2.05) is 32.3 Å². The van der Waals surface area contributed by atoms with Gasteiger partial charge < -0.3 is 0 Å². The lowest BCUT2D eigenvalue weighted by Crippen LogP contribution is -2.18. The fourth-order valence-electron chi connectivity index (χ4n) is 2.84. The van der Waals surface area contributed by atoms with Gasteiger partial charge in [0.05, 0.1) is 11.0 Å². The van der Waals surface area contributed by atoms with Crippen LogP contribution in [0.25, 0.3) is 11.1 Å². The Hall–Kier alpha value is -2.20. The van der Waals surface area contributed by atoms with Crippen LogP contribution in [0.1, 0.15) is 17.2 Å². The fourth-order valence-corrected chi connectivity index (χ4v) is 2.84. The second-order valence-corrected chi connectivity index (χ2v) is 4.98. The Bertz CT molecular complexity index is 665. The molecule has 2 aromatic rings. The van der Waals surface area contributed by atoms with Gasteiger partial charge in [-0.3, -0.25) is 15.0 Å². The van der Waals surface area contributed by atoms with Crippen LogP contribution >= 0.6 is 0 Å². The standard InChI is InChI=1S/C15H14N2O2/c1-16(2)15-13-6-4-3-5-11(13)12-8-7-10(17(18)19)9-14(12)15/h3-9,15H,1-2H3/t15-/m1/s1. The number of hydrogen-bond acceptors (Lipinski definition) is 3. The highest BCUT2D eigenvalue weighted by Crippen LogP contribution is 2.46. The lowest BCUT2D eigenvalue weighted by atomic mass is 10.0. The lowest BCUT2D eigenvalue weighted by molar-refractivity contribution is -0.384. The van der Waals surface area contributed by atoms with Gasteiger partial charge in [-0.25, -0.2) is 0 Å². The predicted molar refractivity (Wildman–Crippen MR) is 74.1 cm³/mol. The SMILES string of the molecule is CN(C)[C@@H]1c2ccccc2-c2ccc([N+](=O)[O-])cc21. The summed E-state index contributed by atoms with van der Waals surface area (Å²) < 4.78 is 0. The van der Waals surface area contributed by atoms with Crippen LogP contribution in [0.2, 0.25) is 0 Å². The maximum atomic E-state index is 10.9. The molecule has 0 N–H and O–H groups in total. The van der Waals surface area contributed by atoms with E-state index in [1.54, 1.807) is 12.1 Å². The number of hydrogen-bond donors (Lipinski definition) is 0. The molecule has 0 aromatic heterocycles. The maximum absolute atomic E-state index is 10.9. The normalized spacial score (nSPS) is 16.3. The Labute approximate surface area is 111 Å². The molecule has 0 heterocycles. The van der Waals surface area contributed by atoms with E-state index in [9.17, 15) is 10.1 Å². The zero-order valence-corrected chi connectivity index (χ0v) is 10.8. The number of nitro benzene ring substituents is 1. The first kappa shape index (κ1) is 11.9. The summed E-state index contributed by atoms with van der Waals surface area (Å²) >= 11 is 0. The van der Waals surface area contributed by atoms with E-state index in [2.05, 4.69) is 17.0 Å². The summed E-state index contributed by atoms with van der Waals surface area (Å²) in [7, 11) is 3.99. The Morgan fingerprint density at radius 3 is 2.42 bits per heavy atom. The minimum Gasteiger partial charge on any atom is -0.299 e. The largest absolute Gasteiger partial charge is 0.299 e. The first-order valence-corrected chi connectivity index (χ1v) is 6.13. The van der Waals surface area contributed by atoms with Crippen molar-refractivity contribution >= 4 is 5.69 Å². The number of rotatable bonds is 2. The van der Waals surface area contributed by atoms with E-state index in [0.29, 0.717) is 0 Å². The van der Waals surface area contributed by atoms with Crippen LogP contribution in [0.3, 0.4) is 0 Å². The van der Waals surface area contributed by atoms with Gasteiger partial charge in [-0.15, -0.1) is 0 Å². The number of nitro groups is 1. The highest BCUT2D eigenvalue weighted by atomic mass is 16.6. The van der Waals surface area contributed by atoms with Crippen molar-refractivity contribution in [1.82, 2.24) is 4.90 Å². The number of benzene rings is 2. The molecule has 0 aliphatic heterocycles. The summed E-state index contributed by atoms with van der Waals surface area (Å²) in [6.45, 7) is 0. The van der Waals surface area contributed by atoms with Gasteiger partial charge in [-0.05, 0) is 42.4 Å². The molecule has 4 heteroatoms. The third-order valence-corrected chi connectivity index (χ3v) is 3.60. The second-order valence-electron chi connectivity index (χ2n) is 4.98. The molecule has 0 amide bonds. The molecule has 0 bridgehead atoms. The maximum Gasteiger partial charge on any atom is 0.269 e. The molecule has 0 spiro atoms. The minimum atomic E-state index is -0.337. The molecule has 0 unspecified atom stereocenters. The van der Waals surface area contributed by atoms with E-state index in [4.69, 9.17) is 0 Å². The van der Waals surface area contributed by atoms with Crippen LogP contribution in [-0.4, -0.2) is 23.9 Å². The molecule has 3 rings (SSSR count). The highest BCUT2D eigenvalue weighted by Gasteiger charge is 2.31. The van der Waals surface area contributed by atoms with Crippen LogP contribution in [0.5, 0.6) is 0 Å². The van der Waals surface area contributed by atoms with Crippen LogP contribution in [0.4, 0.5) is 5.69 Å². The second kappa shape index (κ2) is 4.17. The minimum absolute atomic E-state index is 0.0890. The van der Waals surface area contributed by atoms with E-state index in [1.165, 1.54) is 11.1 Å². The van der Waals surface area contributed by atoms with Crippen molar-refractivity contribution in [3.05, 3.63) is 63.7 Å². The predicted octanol–water partition coefficient (Wildman–Crippen LogP) is 3.23. The van der Waals surface area contributed by atoms with Crippen molar-refractivity contribution in [1.29, 1.82) is 0 Å². The van der Waals surface area contributed by atoms with Crippen molar-refractivity contribution in [3.8, 4) is 11.1 Å². The Balaban J connectivity index is 2.25. The molecule has 0 fully saturated rings. The summed E-state index contributed by atoms with van der Waals surface area (Å²) in [5, 5.41) is 10.9. The molecule has 1 aliphatic rings. The molecule has 1 atom stereocenters. The third-order valence-electron chi connectivity index (χ3n) is 3.60. The summed E-state index contributed by atoms with van der Waals surface area (Å²) in [6.07, 6.45) is 0. The van der Waals surface area contributed by atoms with Gasteiger partial charge in [-0.1, -0.05) is 24.3 Å². The highest BCUT2D eigenvalue weighted by molar-refractivity contribution is 5.79. The van der Waals surface area contributed by atoms with E-state index < -0.39 is 0 Å². The van der Waals surface area contributed by atoms with Gasteiger partial charge in [0.15, 0.2) is 0 Å². The average molecular weight is 254 g/mol.